The molecule has 3 N–H and O–H groups in total. The summed E-state index contributed by atoms with van der Waals surface area (Å²) in [6, 6.07) is 6.56. The van der Waals surface area contributed by atoms with Crippen molar-refractivity contribution in [3.8, 4) is 0 Å². The van der Waals surface area contributed by atoms with Gasteiger partial charge in [-0.05, 0) is 24.6 Å². The highest BCUT2D eigenvalue weighted by atomic mass is 16.1. The number of nitrogens with one attached hydrogen (secondary N) is 1. The second kappa shape index (κ2) is 5.42. The van der Waals surface area contributed by atoms with Crippen molar-refractivity contribution < 1.29 is 4.79 Å². The fourth-order valence-corrected chi connectivity index (χ4v) is 2.97. The number of nitrogens with zero attached hydrogens (tertiary/aromatic N) is 2. The maximum atomic E-state index is 11.6. The lowest BCUT2D eigenvalue weighted by Gasteiger charge is -2.44. The van der Waals surface area contributed by atoms with E-state index in [9.17, 15) is 4.79 Å². The van der Waals surface area contributed by atoms with Crippen LogP contribution in [0.2, 0.25) is 0 Å². The van der Waals surface area contributed by atoms with E-state index in [4.69, 9.17) is 5.73 Å². The Morgan fingerprint density at radius 1 is 1.25 bits per heavy atom. The van der Waals surface area contributed by atoms with E-state index in [-0.39, 0.29) is 5.91 Å². The van der Waals surface area contributed by atoms with Crippen LogP contribution < -0.4 is 16.0 Å². The summed E-state index contributed by atoms with van der Waals surface area (Å²) in [4.78, 5) is 16.4. The van der Waals surface area contributed by atoms with Gasteiger partial charge < -0.3 is 16.0 Å². The van der Waals surface area contributed by atoms with Crippen LogP contribution in [0, 0.1) is 6.92 Å². The van der Waals surface area contributed by atoms with Crippen LogP contribution in [0.4, 0.5) is 5.69 Å². The summed E-state index contributed by atoms with van der Waals surface area (Å²) in [7, 11) is 0. The number of amides is 1. The van der Waals surface area contributed by atoms with Crippen LogP contribution in [0.25, 0.3) is 0 Å². The van der Waals surface area contributed by atoms with Crippen LogP contribution in [-0.2, 0) is 0 Å². The molecule has 1 aromatic rings. The first-order valence-corrected chi connectivity index (χ1v) is 7.25. The standard InChI is InChI=1S/C15H22N4O/c1-11-2-3-13(15(16)20)14(8-11)19-6-4-18(5-7-19)12-9-17-10-12/h2-3,8,12,17H,4-7,9-10H2,1H3,(H2,16,20). The number of carbonyl (C=O) groups is 1. The monoisotopic (exact) mass is 274 g/mol. The molecule has 2 fully saturated rings. The molecule has 2 heterocycles. The lowest BCUT2D eigenvalue weighted by Crippen LogP contribution is -2.61. The molecule has 0 aromatic heterocycles. The van der Waals surface area contributed by atoms with Crippen LogP contribution in [0.3, 0.4) is 0 Å². The molecule has 5 nitrogen and oxygen atoms in total. The molecule has 0 aliphatic carbocycles. The smallest absolute Gasteiger partial charge is 0.250 e. The van der Waals surface area contributed by atoms with Crippen molar-refractivity contribution in [1.82, 2.24) is 10.2 Å². The zero-order chi connectivity index (χ0) is 14.1. The van der Waals surface area contributed by atoms with Crippen LogP contribution in [0.1, 0.15) is 15.9 Å². The van der Waals surface area contributed by atoms with Crippen molar-refractivity contribution in [3.63, 3.8) is 0 Å². The number of primary amides is 1. The molecule has 5 heteroatoms. The number of hydrogen-bond donors (Lipinski definition) is 2. The highest BCUT2D eigenvalue weighted by molar-refractivity contribution is 5.98. The summed E-state index contributed by atoms with van der Waals surface area (Å²) in [5, 5.41) is 3.32. The molecule has 0 spiro atoms. The van der Waals surface area contributed by atoms with E-state index in [0.29, 0.717) is 11.6 Å². The van der Waals surface area contributed by atoms with Crippen LogP contribution in [-0.4, -0.2) is 56.1 Å². The fraction of sp³-hybridized carbons (Fsp3) is 0.533. The minimum atomic E-state index is -0.342. The summed E-state index contributed by atoms with van der Waals surface area (Å²) >= 11 is 0. The first kappa shape index (κ1) is 13.4. The molecular formula is C15H22N4O. The minimum absolute atomic E-state index is 0.342. The van der Waals surface area contributed by atoms with E-state index in [2.05, 4.69) is 21.2 Å². The largest absolute Gasteiger partial charge is 0.368 e. The second-order valence-electron chi connectivity index (χ2n) is 5.72. The van der Waals surface area contributed by atoms with Gasteiger partial charge in [0.15, 0.2) is 0 Å². The summed E-state index contributed by atoms with van der Waals surface area (Å²) in [5.74, 6) is -0.342. The molecule has 2 aliphatic rings. The number of benzene rings is 1. The predicted molar refractivity (Wildman–Crippen MR) is 80.1 cm³/mol. The molecule has 1 amide bonds. The van der Waals surface area contributed by atoms with Crippen LogP contribution in [0.15, 0.2) is 18.2 Å². The third-order valence-corrected chi connectivity index (χ3v) is 4.35. The highest BCUT2D eigenvalue weighted by Gasteiger charge is 2.28. The topological polar surface area (TPSA) is 61.6 Å². The molecule has 3 rings (SSSR count). The zero-order valence-electron chi connectivity index (χ0n) is 11.9. The van der Waals surface area contributed by atoms with Gasteiger partial charge in [-0.1, -0.05) is 6.07 Å². The number of carbonyl (C=O) groups excluding carboxylic acids is 1. The van der Waals surface area contributed by atoms with Crippen molar-refractivity contribution in [2.24, 2.45) is 5.73 Å². The Balaban J connectivity index is 1.73. The van der Waals surface area contributed by atoms with Gasteiger partial charge in [0.1, 0.15) is 0 Å². The number of rotatable bonds is 3. The van der Waals surface area contributed by atoms with Gasteiger partial charge in [-0.2, -0.15) is 0 Å². The van der Waals surface area contributed by atoms with Gasteiger partial charge in [0.2, 0.25) is 0 Å². The number of aryl methyl sites for hydroxylation is 1. The minimum Gasteiger partial charge on any atom is -0.368 e. The zero-order valence-corrected chi connectivity index (χ0v) is 11.9. The van der Waals surface area contributed by atoms with Gasteiger partial charge in [0, 0.05) is 51.0 Å². The Bertz CT molecular complexity index is 505. The quantitative estimate of drug-likeness (QED) is 0.826. The molecule has 2 saturated heterocycles. The van der Waals surface area contributed by atoms with E-state index < -0.39 is 0 Å². The van der Waals surface area contributed by atoms with Gasteiger partial charge in [0.05, 0.1) is 5.56 Å². The second-order valence-corrected chi connectivity index (χ2v) is 5.72. The maximum Gasteiger partial charge on any atom is 0.250 e. The average molecular weight is 274 g/mol. The Labute approximate surface area is 119 Å². The molecule has 0 bridgehead atoms. The SMILES string of the molecule is Cc1ccc(C(N)=O)c(N2CCN(C3CNC3)CC2)c1. The van der Waals surface area contributed by atoms with Crippen molar-refractivity contribution in [1.29, 1.82) is 0 Å². The number of piperazine rings is 1. The average Bonchev–Trinajstić information content (AvgIpc) is 2.37. The summed E-state index contributed by atoms with van der Waals surface area (Å²) in [6.07, 6.45) is 0. The molecule has 20 heavy (non-hydrogen) atoms. The first-order valence-electron chi connectivity index (χ1n) is 7.25. The Morgan fingerprint density at radius 3 is 2.50 bits per heavy atom. The Kier molecular flexibility index (Phi) is 3.63. The third kappa shape index (κ3) is 2.51. The van der Waals surface area contributed by atoms with Crippen molar-refractivity contribution in [3.05, 3.63) is 29.3 Å². The third-order valence-electron chi connectivity index (χ3n) is 4.35. The fourth-order valence-electron chi connectivity index (χ4n) is 2.97. The van der Waals surface area contributed by atoms with Gasteiger partial charge >= 0.3 is 0 Å². The molecule has 0 saturated carbocycles. The highest BCUT2D eigenvalue weighted by Crippen LogP contribution is 2.24. The number of anilines is 1. The Morgan fingerprint density at radius 2 is 1.95 bits per heavy atom. The van der Waals surface area contributed by atoms with Crippen molar-refractivity contribution in [2.75, 3.05) is 44.2 Å². The number of nitrogens with two attached hydrogens (primary N) is 1. The van der Waals surface area contributed by atoms with Gasteiger partial charge in [-0.25, -0.2) is 0 Å². The molecule has 108 valence electrons. The predicted octanol–water partition coefficient (Wildman–Crippen LogP) is 0.188. The molecule has 0 unspecified atom stereocenters. The Hall–Kier alpha value is -1.59. The first-order chi connectivity index (χ1) is 9.65. The van der Waals surface area contributed by atoms with E-state index >= 15 is 0 Å². The molecule has 1 aromatic carbocycles. The van der Waals surface area contributed by atoms with Gasteiger partial charge in [-0.3, -0.25) is 9.69 Å². The molecule has 2 aliphatic heterocycles. The summed E-state index contributed by atoms with van der Waals surface area (Å²) in [5.41, 5.74) is 8.28. The lowest BCUT2D eigenvalue weighted by molar-refractivity contribution is 0.1000. The van der Waals surface area contributed by atoms with Crippen molar-refractivity contribution in [2.45, 2.75) is 13.0 Å². The number of hydrogen-bond acceptors (Lipinski definition) is 4. The van der Waals surface area contributed by atoms with Crippen molar-refractivity contribution >= 4 is 11.6 Å². The maximum absolute atomic E-state index is 11.6. The van der Waals surface area contributed by atoms with Crippen LogP contribution >= 0.6 is 0 Å². The molecular weight excluding hydrogens is 252 g/mol. The normalized spacial score (nSPS) is 20.8. The van der Waals surface area contributed by atoms with E-state index in [1.165, 1.54) is 0 Å². The van der Waals surface area contributed by atoms with Gasteiger partial charge in [0.25, 0.3) is 5.91 Å². The molecule has 0 atom stereocenters. The van der Waals surface area contributed by atoms with E-state index in [1.807, 2.05) is 19.1 Å². The summed E-state index contributed by atoms with van der Waals surface area (Å²) in [6.45, 7) is 8.29. The van der Waals surface area contributed by atoms with Gasteiger partial charge in [-0.15, -0.1) is 0 Å². The van der Waals surface area contributed by atoms with Crippen LogP contribution in [0.5, 0.6) is 0 Å². The van der Waals surface area contributed by atoms with E-state index in [0.717, 1.165) is 50.5 Å². The lowest BCUT2D eigenvalue weighted by atomic mass is 10.1. The summed E-state index contributed by atoms with van der Waals surface area (Å²) < 4.78 is 0. The molecule has 0 radical (unpaired) electrons. The van der Waals surface area contributed by atoms with E-state index in [1.54, 1.807) is 0 Å².